The van der Waals surface area contributed by atoms with Crippen LogP contribution < -0.4 is 0 Å². The molecule has 19 heavy (non-hydrogen) atoms. The molecule has 1 aromatic rings. The van der Waals surface area contributed by atoms with Crippen LogP contribution in [0.2, 0.25) is 5.02 Å². The van der Waals surface area contributed by atoms with E-state index in [0.717, 1.165) is 6.42 Å². The Morgan fingerprint density at radius 2 is 2.00 bits per heavy atom. The fourth-order valence-electron chi connectivity index (χ4n) is 1.75. The van der Waals surface area contributed by atoms with Crippen LogP contribution in [0.15, 0.2) is 29.2 Å². The maximum absolute atomic E-state index is 12.5. The molecular weight excluding hydrogens is 288 g/mol. The highest BCUT2D eigenvalue weighted by atomic mass is 35.5. The van der Waals surface area contributed by atoms with Gasteiger partial charge in [-0.2, -0.15) is 0 Å². The first-order valence-electron chi connectivity index (χ1n) is 6.01. The van der Waals surface area contributed by atoms with Crippen molar-refractivity contribution < 1.29 is 17.9 Å². The summed E-state index contributed by atoms with van der Waals surface area (Å²) in [4.78, 5) is 11.7. The summed E-state index contributed by atoms with van der Waals surface area (Å²) in [7, 11) is -2.64. The van der Waals surface area contributed by atoms with E-state index >= 15 is 0 Å². The van der Waals surface area contributed by atoms with Crippen molar-refractivity contribution in [2.24, 2.45) is 0 Å². The molecule has 0 aliphatic rings. The third-order valence-electron chi connectivity index (χ3n) is 2.80. The summed E-state index contributed by atoms with van der Waals surface area (Å²) in [5.41, 5.74) is 0. The molecule has 0 aliphatic carbocycles. The van der Waals surface area contributed by atoms with E-state index in [2.05, 4.69) is 4.74 Å². The second-order valence-corrected chi connectivity index (χ2v) is 6.64. The number of rotatable bonds is 6. The number of halogens is 1. The number of esters is 1. The zero-order chi connectivity index (χ0) is 14.5. The van der Waals surface area contributed by atoms with Crippen LogP contribution in [0.5, 0.6) is 0 Å². The Morgan fingerprint density at radius 3 is 2.53 bits per heavy atom. The summed E-state index contributed by atoms with van der Waals surface area (Å²) < 4.78 is 29.5. The maximum Gasteiger partial charge on any atom is 0.324 e. The van der Waals surface area contributed by atoms with Crippen LogP contribution in [-0.2, 0) is 19.4 Å². The third-order valence-corrected chi connectivity index (χ3v) is 5.39. The molecule has 0 N–H and O–H groups in total. The smallest absolute Gasteiger partial charge is 0.324 e. The van der Waals surface area contributed by atoms with Crippen molar-refractivity contribution in [1.29, 1.82) is 0 Å². The summed E-state index contributed by atoms with van der Waals surface area (Å²) in [6.07, 6.45) is 1.66. The van der Waals surface area contributed by atoms with E-state index in [4.69, 9.17) is 11.6 Å². The molecule has 1 aromatic carbocycles. The lowest BCUT2D eigenvalue weighted by Gasteiger charge is -2.16. The summed E-state index contributed by atoms with van der Waals surface area (Å²) in [6.45, 7) is 1.93. The first-order valence-corrected chi connectivity index (χ1v) is 7.93. The van der Waals surface area contributed by atoms with E-state index in [9.17, 15) is 13.2 Å². The average Bonchev–Trinajstić information content (AvgIpc) is 2.38. The summed E-state index contributed by atoms with van der Waals surface area (Å²) in [5.74, 6) is -0.742. The Bertz CT molecular complexity index is 539. The highest BCUT2D eigenvalue weighted by Crippen LogP contribution is 2.27. The standard InChI is InChI=1S/C13H17ClO4S/c1-3-4-8-12(13(15)18-2)19(16,17)11-9-6-5-7-10(11)14/h5-7,9,12H,3-4,8H2,1-2H3. The Hall–Kier alpha value is -1.07. The number of unbranched alkanes of at least 4 members (excludes halogenated alkanes) is 1. The molecule has 1 unspecified atom stereocenters. The average molecular weight is 305 g/mol. The Labute approximate surface area is 118 Å². The minimum Gasteiger partial charge on any atom is -0.468 e. The number of carbonyl (C=O) groups is 1. The molecule has 0 aliphatic heterocycles. The quantitative estimate of drug-likeness (QED) is 0.758. The monoisotopic (exact) mass is 304 g/mol. The molecule has 0 saturated heterocycles. The van der Waals surface area contributed by atoms with E-state index in [-0.39, 0.29) is 16.3 Å². The number of methoxy groups -OCH3 is 1. The van der Waals surface area contributed by atoms with Crippen LogP contribution >= 0.6 is 11.6 Å². The van der Waals surface area contributed by atoms with Gasteiger partial charge in [-0.15, -0.1) is 0 Å². The molecule has 1 rings (SSSR count). The van der Waals surface area contributed by atoms with E-state index in [1.165, 1.54) is 19.2 Å². The highest BCUT2D eigenvalue weighted by molar-refractivity contribution is 7.93. The normalized spacial score (nSPS) is 13.0. The molecule has 1 atom stereocenters. The molecule has 0 aromatic heterocycles. The molecular formula is C13H17ClO4S. The molecule has 0 amide bonds. The summed E-state index contributed by atoms with van der Waals surface area (Å²) in [6, 6.07) is 6.11. The fourth-order valence-corrected chi connectivity index (χ4v) is 3.95. The van der Waals surface area contributed by atoms with E-state index in [1.807, 2.05) is 6.92 Å². The predicted molar refractivity (Wildman–Crippen MR) is 74.0 cm³/mol. The largest absolute Gasteiger partial charge is 0.468 e. The van der Waals surface area contributed by atoms with Gasteiger partial charge in [0.2, 0.25) is 0 Å². The highest BCUT2D eigenvalue weighted by Gasteiger charge is 2.35. The second kappa shape index (κ2) is 6.91. The van der Waals surface area contributed by atoms with Gasteiger partial charge in [-0.1, -0.05) is 43.5 Å². The zero-order valence-corrected chi connectivity index (χ0v) is 12.5. The lowest BCUT2D eigenvalue weighted by Crippen LogP contribution is -2.31. The fraction of sp³-hybridized carbons (Fsp3) is 0.462. The SMILES string of the molecule is CCCCC(C(=O)OC)S(=O)(=O)c1ccccc1Cl. The lowest BCUT2D eigenvalue weighted by molar-refractivity contribution is -0.140. The minimum atomic E-state index is -3.82. The maximum atomic E-state index is 12.5. The van der Waals surface area contributed by atoms with Crippen molar-refractivity contribution >= 4 is 27.4 Å². The molecule has 0 radical (unpaired) electrons. The van der Waals surface area contributed by atoms with Gasteiger partial charge < -0.3 is 4.74 Å². The van der Waals surface area contributed by atoms with Gasteiger partial charge in [-0.3, -0.25) is 4.79 Å². The Kier molecular flexibility index (Phi) is 5.82. The molecule has 0 bridgehead atoms. The van der Waals surface area contributed by atoms with Gasteiger partial charge >= 0.3 is 5.97 Å². The van der Waals surface area contributed by atoms with Gasteiger partial charge in [-0.25, -0.2) is 8.42 Å². The number of ether oxygens (including phenoxy) is 1. The topological polar surface area (TPSA) is 60.4 Å². The summed E-state index contributed by atoms with van der Waals surface area (Å²) in [5, 5.41) is -1.08. The van der Waals surface area contributed by atoms with Gasteiger partial charge in [0, 0.05) is 0 Å². The minimum absolute atomic E-state index is 0.0248. The van der Waals surface area contributed by atoms with Crippen molar-refractivity contribution in [3.63, 3.8) is 0 Å². The van der Waals surface area contributed by atoms with Crippen molar-refractivity contribution in [2.75, 3.05) is 7.11 Å². The zero-order valence-electron chi connectivity index (χ0n) is 10.9. The molecule has 0 saturated carbocycles. The van der Waals surface area contributed by atoms with Crippen LogP contribution in [-0.4, -0.2) is 26.7 Å². The van der Waals surface area contributed by atoms with E-state index in [0.29, 0.717) is 6.42 Å². The van der Waals surface area contributed by atoms with Gasteiger partial charge in [-0.05, 0) is 18.6 Å². The van der Waals surface area contributed by atoms with Crippen LogP contribution in [0.1, 0.15) is 26.2 Å². The van der Waals surface area contributed by atoms with E-state index in [1.54, 1.807) is 12.1 Å². The molecule has 0 fully saturated rings. The van der Waals surface area contributed by atoms with Crippen LogP contribution in [0.3, 0.4) is 0 Å². The second-order valence-electron chi connectivity index (χ2n) is 4.13. The van der Waals surface area contributed by atoms with Crippen molar-refractivity contribution in [3.8, 4) is 0 Å². The molecule has 6 heteroatoms. The van der Waals surface area contributed by atoms with Crippen molar-refractivity contribution in [1.82, 2.24) is 0 Å². The van der Waals surface area contributed by atoms with Gasteiger partial charge in [0.25, 0.3) is 0 Å². The molecule has 106 valence electrons. The van der Waals surface area contributed by atoms with Crippen LogP contribution in [0, 0.1) is 0 Å². The number of sulfone groups is 1. The van der Waals surface area contributed by atoms with Gasteiger partial charge in [0.1, 0.15) is 0 Å². The predicted octanol–water partition coefficient (Wildman–Crippen LogP) is 2.85. The molecule has 4 nitrogen and oxygen atoms in total. The van der Waals surface area contributed by atoms with Crippen LogP contribution in [0.4, 0.5) is 0 Å². The van der Waals surface area contributed by atoms with Crippen molar-refractivity contribution in [3.05, 3.63) is 29.3 Å². The number of hydrogen-bond acceptors (Lipinski definition) is 4. The van der Waals surface area contributed by atoms with Crippen molar-refractivity contribution in [2.45, 2.75) is 36.3 Å². The number of benzene rings is 1. The van der Waals surface area contributed by atoms with E-state index < -0.39 is 21.1 Å². The Morgan fingerprint density at radius 1 is 1.37 bits per heavy atom. The molecule has 0 spiro atoms. The Balaban J connectivity index is 3.20. The van der Waals surface area contributed by atoms with Gasteiger partial charge in [0.15, 0.2) is 15.1 Å². The van der Waals surface area contributed by atoms with Crippen LogP contribution in [0.25, 0.3) is 0 Å². The lowest BCUT2D eigenvalue weighted by atomic mass is 10.2. The molecule has 0 heterocycles. The summed E-state index contributed by atoms with van der Waals surface area (Å²) >= 11 is 5.90. The number of carbonyl (C=O) groups excluding carboxylic acids is 1. The first kappa shape index (κ1) is 16.0. The number of hydrogen-bond donors (Lipinski definition) is 0. The first-order chi connectivity index (χ1) is 8.95. The third kappa shape index (κ3) is 3.70. The van der Waals surface area contributed by atoms with Gasteiger partial charge in [0.05, 0.1) is 17.0 Å².